The summed E-state index contributed by atoms with van der Waals surface area (Å²) < 4.78 is 5.99. The summed E-state index contributed by atoms with van der Waals surface area (Å²) in [5.74, 6) is 0.0631. The minimum atomic E-state index is -0.215. The van der Waals surface area contributed by atoms with E-state index in [1.165, 1.54) is 0 Å². The average Bonchev–Trinajstić information content (AvgIpc) is 2.40. The number of piperidine rings is 1. The molecule has 0 bridgehead atoms. The molecule has 2 aliphatic heterocycles. The molecule has 3 heteroatoms. The molecule has 2 rings (SSSR count). The maximum atomic E-state index is 9.27. The number of ether oxygens (including phenoxy) is 1. The Labute approximate surface area is 98.2 Å². The number of nitrogens with zero attached hydrogens (tertiary/aromatic N) is 1. The van der Waals surface area contributed by atoms with Crippen molar-refractivity contribution in [1.82, 2.24) is 5.32 Å². The highest BCUT2D eigenvalue weighted by molar-refractivity contribution is 5.13. The molecule has 1 atom stereocenters. The summed E-state index contributed by atoms with van der Waals surface area (Å²) in [5.41, 5.74) is -0.130. The van der Waals surface area contributed by atoms with E-state index >= 15 is 0 Å². The smallest absolute Gasteiger partial charge is 0.0875 e. The largest absolute Gasteiger partial charge is 0.373 e. The van der Waals surface area contributed by atoms with E-state index in [2.05, 4.69) is 39.1 Å². The Hall–Kier alpha value is -0.590. The SMILES string of the molecule is CC1(C)CC2(CC(C)(C)N1)OCCC2C#N. The highest BCUT2D eigenvalue weighted by atomic mass is 16.5. The number of nitriles is 1. The Morgan fingerprint density at radius 3 is 2.25 bits per heavy atom. The average molecular weight is 222 g/mol. The molecule has 16 heavy (non-hydrogen) atoms. The standard InChI is InChI=1S/C13H22N2O/c1-11(2)8-13(9-12(3,4)15-11)10(7-14)5-6-16-13/h10,15H,5-6,8-9H2,1-4H3. The first-order valence-corrected chi connectivity index (χ1v) is 6.12. The molecule has 3 nitrogen and oxygen atoms in total. The second-order valence-electron chi connectivity index (χ2n) is 6.63. The number of hydrogen-bond acceptors (Lipinski definition) is 3. The first kappa shape index (κ1) is 11.9. The molecule has 0 aliphatic carbocycles. The van der Waals surface area contributed by atoms with Crippen LogP contribution in [-0.2, 0) is 4.74 Å². The number of hydrogen-bond donors (Lipinski definition) is 1. The van der Waals surface area contributed by atoms with Crippen molar-refractivity contribution in [3.8, 4) is 6.07 Å². The highest BCUT2D eigenvalue weighted by Gasteiger charge is 2.54. The zero-order valence-corrected chi connectivity index (χ0v) is 10.8. The topological polar surface area (TPSA) is 45.0 Å². The summed E-state index contributed by atoms with van der Waals surface area (Å²) >= 11 is 0. The van der Waals surface area contributed by atoms with Gasteiger partial charge in [-0.3, -0.25) is 0 Å². The quantitative estimate of drug-likeness (QED) is 0.683. The van der Waals surface area contributed by atoms with Crippen LogP contribution in [-0.4, -0.2) is 23.3 Å². The molecule has 0 saturated carbocycles. The monoisotopic (exact) mass is 222 g/mol. The van der Waals surface area contributed by atoms with Crippen molar-refractivity contribution >= 4 is 0 Å². The molecule has 0 aromatic heterocycles. The van der Waals surface area contributed by atoms with Crippen molar-refractivity contribution in [1.29, 1.82) is 5.26 Å². The highest BCUT2D eigenvalue weighted by Crippen LogP contribution is 2.47. The lowest BCUT2D eigenvalue weighted by Gasteiger charge is -2.52. The molecule has 2 heterocycles. The molecule has 2 saturated heterocycles. The van der Waals surface area contributed by atoms with Crippen molar-refractivity contribution in [2.75, 3.05) is 6.61 Å². The lowest BCUT2D eigenvalue weighted by atomic mass is 9.68. The third kappa shape index (κ3) is 1.97. The van der Waals surface area contributed by atoms with E-state index in [9.17, 15) is 5.26 Å². The van der Waals surface area contributed by atoms with E-state index in [-0.39, 0.29) is 22.6 Å². The molecule has 1 spiro atoms. The van der Waals surface area contributed by atoms with E-state index in [0.29, 0.717) is 0 Å². The maximum absolute atomic E-state index is 9.27. The molecule has 1 unspecified atom stereocenters. The molecular formula is C13H22N2O. The second kappa shape index (κ2) is 3.45. The van der Waals surface area contributed by atoms with Crippen LogP contribution in [0.4, 0.5) is 0 Å². The van der Waals surface area contributed by atoms with Gasteiger partial charge in [-0.25, -0.2) is 0 Å². The zero-order chi connectivity index (χ0) is 12.0. The summed E-state index contributed by atoms with van der Waals surface area (Å²) in [5, 5.41) is 12.9. The van der Waals surface area contributed by atoms with E-state index in [1.807, 2.05) is 0 Å². The van der Waals surface area contributed by atoms with Crippen LogP contribution in [0.3, 0.4) is 0 Å². The van der Waals surface area contributed by atoms with Crippen LogP contribution in [0.25, 0.3) is 0 Å². The zero-order valence-electron chi connectivity index (χ0n) is 10.8. The second-order valence-corrected chi connectivity index (χ2v) is 6.63. The van der Waals surface area contributed by atoms with Crippen molar-refractivity contribution in [2.45, 2.75) is 63.6 Å². The van der Waals surface area contributed by atoms with Gasteiger partial charge in [0.2, 0.25) is 0 Å². The lowest BCUT2D eigenvalue weighted by molar-refractivity contribution is -0.0858. The Balaban J connectivity index is 2.31. The summed E-state index contributed by atoms with van der Waals surface area (Å²) in [6, 6.07) is 2.45. The first-order valence-electron chi connectivity index (χ1n) is 6.12. The molecule has 0 radical (unpaired) electrons. The van der Waals surface area contributed by atoms with Crippen LogP contribution in [0.2, 0.25) is 0 Å². The van der Waals surface area contributed by atoms with E-state index in [1.54, 1.807) is 0 Å². The van der Waals surface area contributed by atoms with Crippen molar-refractivity contribution < 1.29 is 4.74 Å². The van der Waals surface area contributed by atoms with Gasteiger partial charge in [0.1, 0.15) is 0 Å². The lowest BCUT2D eigenvalue weighted by Crippen LogP contribution is -2.64. The predicted octanol–water partition coefficient (Wildman–Crippen LogP) is 2.23. The Morgan fingerprint density at radius 1 is 1.19 bits per heavy atom. The van der Waals surface area contributed by atoms with Crippen molar-refractivity contribution in [2.24, 2.45) is 5.92 Å². The van der Waals surface area contributed by atoms with Gasteiger partial charge < -0.3 is 10.1 Å². The van der Waals surface area contributed by atoms with Gasteiger partial charge in [0, 0.05) is 17.7 Å². The fourth-order valence-electron chi connectivity index (χ4n) is 3.84. The fraction of sp³-hybridized carbons (Fsp3) is 0.923. The van der Waals surface area contributed by atoms with Crippen LogP contribution in [0.15, 0.2) is 0 Å². The molecule has 2 fully saturated rings. The summed E-state index contributed by atoms with van der Waals surface area (Å²) in [6.07, 6.45) is 2.76. The van der Waals surface area contributed by atoms with Crippen LogP contribution in [0, 0.1) is 17.2 Å². The Morgan fingerprint density at radius 2 is 1.75 bits per heavy atom. The first-order chi connectivity index (χ1) is 7.29. The molecular weight excluding hydrogens is 200 g/mol. The Bertz CT molecular complexity index is 311. The normalized spacial score (nSPS) is 34.8. The van der Waals surface area contributed by atoms with Gasteiger partial charge in [0.25, 0.3) is 0 Å². The molecule has 2 aliphatic rings. The van der Waals surface area contributed by atoms with Gasteiger partial charge in [-0.15, -0.1) is 0 Å². The number of nitrogens with one attached hydrogen (secondary N) is 1. The summed E-state index contributed by atoms with van der Waals surface area (Å²) in [4.78, 5) is 0. The third-order valence-corrected chi connectivity index (χ3v) is 3.75. The van der Waals surface area contributed by atoms with E-state index in [0.717, 1.165) is 25.9 Å². The van der Waals surface area contributed by atoms with Gasteiger partial charge in [-0.05, 0) is 47.0 Å². The minimum Gasteiger partial charge on any atom is -0.373 e. The molecule has 1 N–H and O–H groups in total. The molecule has 0 amide bonds. The molecule has 90 valence electrons. The molecule has 0 aromatic rings. The minimum absolute atomic E-state index is 0.0428. The van der Waals surface area contributed by atoms with Crippen molar-refractivity contribution in [3.63, 3.8) is 0 Å². The van der Waals surface area contributed by atoms with Crippen LogP contribution in [0.5, 0.6) is 0 Å². The third-order valence-electron chi connectivity index (χ3n) is 3.75. The van der Waals surface area contributed by atoms with E-state index < -0.39 is 0 Å². The maximum Gasteiger partial charge on any atom is 0.0875 e. The Kier molecular flexibility index (Phi) is 2.56. The molecule has 0 aromatic carbocycles. The van der Waals surface area contributed by atoms with E-state index in [4.69, 9.17) is 4.74 Å². The van der Waals surface area contributed by atoms with Gasteiger partial charge in [-0.1, -0.05) is 0 Å². The van der Waals surface area contributed by atoms with Gasteiger partial charge in [0.05, 0.1) is 17.6 Å². The van der Waals surface area contributed by atoms with Crippen LogP contribution >= 0.6 is 0 Å². The van der Waals surface area contributed by atoms with Crippen LogP contribution in [0.1, 0.15) is 47.0 Å². The van der Waals surface area contributed by atoms with Crippen LogP contribution < -0.4 is 5.32 Å². The van der Waals surface area contributed by atoms with Gasteiger partial charge in [0.15, 0.2) is 0 Å². The van der Waals surface area contributed by atoms with Gasteiger partial charge in [-0.2, -0.15) is 5.26 Å². The van der Waals surface area contributed by atoms with Crippen molar-refractivity contribution in [3.05, 3.63) is 0 Å². The predicted molar refractivity (Wildman–Crippen MR) is 62.9 cm³/mol. The summed E-state index contributed by atoms with van der Waals surface area (Å²) in [7, 11) is 0. The number of rotatable bonds is 0. The summed E-state index contributed by atoms with van der Waals surface area (Å²) in [6.45, 7) is 9.54. The fourth-order valence-corrected chi connectivity index (χ4v) is 3.84. The van der Waals surface area contributed by atoms with Gasteiger partial charge >= 0.3 is 0 Å².